The number of carbonyl (C=O) groups excluding carboxylic acids is 1. The Hall–Kier alpha value is -3.17. The maximum Gasteiger partial charge on any atom is 0.306 e. The van der Waals surface area contributed by atoms with Crippen molar-refractivity contribution in [3.63, 3.8) is 0 Å². The molecule has 0 atom stereocenters. The smallest absolute Gasteiger partial charge is 0.306 e. The molecule has 0 aromatic carbocycles. The summed E-state index contributed by atoms with van der Waals surface area (Å²) in [5.74, 6) is -1.08. The number of nitrogens with zero attached hydrogens (tertiary/aromatic N) is 4. The summed E-state index contributed by atoms with van der Waals surface area (Å²) in [7, 11) is 0. The second kappa shape index (κ2) is 7.21. The Bertz CT molecular complexity index is 1080. The van der Waals surface area contributed by atoms with Crippen molar-refractivity contribution >= 4 is 34.3 Å². The van der Waals surface area contributed by atoms with Gasteiger partial charge < -0.3 is 20.6 Å². The van der Waals surface area contributed by atoms with E-state index in [4.69, 9.17) is 4.84 Å². The van der Waals surface area contributed by atoms with E-state index in [1.165, 1.54) is 6.92 Å². The number of aliphatic carboxylic acids is 1. The summed E-state index contributed by atoms with van der Waals surface area (Å²) in [6.45, 7) is 4.24. The highest BCUT2D eigenvalue weighted by Gasteiger charge is 2.51. The number of pyridine rings is 1. The van der Waals surface area contributed by atoms with Gasteiger partial charge in [0, 0.05) is 56.6 Å². The van der Waals surface area contributed by atoms with Gasteiger partial charge in [0.15, 0.2) is 5.65 Å². The Labute approximate surface area is 179 Å². The summed E-state index contributed by atoms with van der Waals surface area (Å²) in [4.78, 5) is 32.9. The molecule has 0 saturated heterocycles. The van der Waals surface area contributed by atoms with Crippen LogP contribution in [0.25, 0.3) is 11.0 Å². The van der Waals surface area contributed by atoms with Gasteiger partial charge in [-0.15, -0.1) is 0 Å². The second-order valence-corrected chi connectivity index (χ2v) is 8.89. The van der Waals surface area contributed by atoms with Gasteiger partial charge in [-0.05, 0) is 19.8 Å². The lowest BCUT2D eigenvalue weighted by Gasteiger charge is -2.42. The zero-order chi connectivity index (χ0) is 21.8. The van der Waals surface area contributed by atoms with E-state index in [2.05, 4.69) is 25.9 Å². The molecule has 10 heteroatoms. The second-order valence-electron chi connectivity index (χ2n) is 8.89. The van der Waals surface area contributed by atoms with Gasteiger partial charge in [-0.25, -0.2) is 9.67 Å². The lowest BCUT2D eigenvalue weighted by atomic mass is 9.72. The molecule has 3 N–H and O–H groups in total. The van der Waals surface area contributed by atoms with E-state index in [1.807, 2.05) is 11.6 Å². The minimum absolute atomic E-state index is 0.0340. The molecular formula is C21H26N6O4. The highest BCUT2D eigenvalue weighted by molar-refractivity contribution is 6.10. The molecule has 31 heavy (non-hydrogen) atoms. The number of carbonyl (C=O) groups is 2. The summed E-state index contributed by atoms with van der Waals surface area (Å²) >= 11 is 0. The van der Waals surface area contributed by atoms with Gasteiger partial charge in [0.05, 0.1) is 28.9 Å². The molecule has 0 radical (unpaired) electrons. The fourth-order valence-electron chi connectivity index (χ4n) is 4.89. The molecule has 0 unspecified atom stereocenters. The maximum atomic E-state index is 11.3. The first-order chi connectivity index (χ1) is 14.9. The molecule has 1 spiro atoms. The molecule has 5 rings (SSSR count). The standard InChI is InChI=1S/C21H26N6O4/c1-3-27-19-16(10-23-27)18(25-13-4-12(5-13)20(29)30)15(9-22-19)17-8-21(31-26-17)6-14(7-21)24-11(2)28/h9-10,12-14H,3-8H2,1-2H3,(H,22,25)(H,24,28)(H,29,30). The summed E-state index contributed by atoms with van der Waals surface area (Å²) in [5.41, 5.74) is 2.98. The first-order valence-electron chi connectivity index (χ1n) is 10.7. The molecule has 2 aliphatic carbocycles. The summed E-state index contributed by atoms with van der Waals surface area (Å²) in [5, 5.41) is 25.4. The Morgan fingerprint density at radius 2 is 2.06 bits per heavy atom. The van der Waals surface area contributed by atoms with Crippen LogP contribution in [0.1, 0.15) is 51.5 Å². The SMILES string of the molecule is CCn1ncc2c(NC3CC(C(=O)O)C3)c(C3=NOC4(C3)CC(NC(C)=O)C4)cnc21. The number of anilines is 1. The minimum atomic E-state index is -0.744. The van der Waals surface area contributed by atoms with E-state index in [0.717, 1.165) is 40.8 Å². The zero-order valence-corrected chi connectivity index (χ0v) is 17.6. The third-order valence-corrected chi connectivity index (χ3v) is 6.60. The molecule has 2 aromatic rings. The Balaban J connectivity index is 1.40. The van der Waals surface area contributed by atoms with Crippen LogP contribution < -0.4 is 10.6 Å². The number of rotatable bonds is 6. The molecular weight excluding hydrogens is 400 g/mol. The van der Waals surface area contributed by atoms with Crippen molar-refractivity contribution < 1.29 is 19.5 Å². The van der Waals surface area contributed by atoms with Crippen LogP contribution in [0.3, 0.4) is 0 Å². The average Bonchev–Trinajstić information content (AvgIpc) is 3.27. The topological polar surface area (TPSA) is 131 Å². The predicted octanol–water partition coefficient (Wildman–Crippen LogP) is 1.89. The fraction of sp³-hybridized carbons (Fsp3) is 0.571. The van der Waals surface area contributed by atoms with Crippen molar-refractivity contribution in [2.45, 2.75) is 70.2 Å². The molecule has 2 saturated carbocycles. The predicted molar refractivity (Wildman–Crippen MR) is 113 cm³/mol. The lowest BCUT2D eigenvalue weighted by Crippen LogP contribution is -2.54. The minimum Gasteiger partial charge on any atom is -0.481 e. The van der Waals surface area contributed by atoms with Gasteiger partial charge in [0.2, 0.25) is 5.91 Å². The van der Waals surface area contributed by atoms with Crippen LogP contribution in [-0.4, -0.2) is 55.1 Å². The van der Waals surface area contributed by atoms with Gasteiger partial charge in [-0.2, -0.15) is 5.10 Å². The molecule has 164 valence electrons. The van der Waals surface area contributed by atoms with Gasteiger partial charge in [0.25, 0.3) is 0 Å². The normalized spacial score (nSPS) is 29.1. The van der Waals surface area contributed by atoms with Gasteiger partial charge in [-0.1, -0.05) is 5.16 Å². The Morgan fingerprint density at radius 1 is 1.29 bits per heavy atom. The third-order valence-electron chi connectivity index (χ3n) is 6.60. The fourth-order valence-corrected chi connectivity index (χ4v) is 4.89. The number of carboxylic acids is 1. The van der Waals surface area contributed by atoms with Crippen molar-refractivity contribution in [3.05, 3.63) is 18.0 Å². The molecule has 1 amide bonds. The van der Waals surface area contributed by atoms with Crippen LogP contribution in [0.5, 0.6) is 0 Å². The number of aromatic nitrogens is 3. The molecule has 1 aliphatic heterocycles. The van der Waals surface area contributed by atoms with Crippen molar-refractivity contribution in [2.24, 2.45) is 11.1 Å². The van der Waals surface area contributed by atoms with Crippen LogP contribution in [0.4, 0.5) is 5.69 Å². The van der Waals surface area contributed by atoms with Crippen molar-refractivity contribution in [2.75, 3.05) is 5.32 Å². The molecule has 2 fully saturated rings. The zero-order valence-electron chi connectivity index (χ0n) is 17.6. The number of oxime groups is 1. The van der Waals surface area contributed by atoms with E-state index < -0.39 is 5.97 Å². The lowest BCUT2D eigenvalue weighted by molar-refractivity contribution is -0.144. The van der Waals surface area contributed by atoms with Crippen LogP contribution >= 0.6 is 0 Å². The van der Waals surface area contributed by atoms with Crippen LogP contribution in [0.15, 0.2) is 17.5 Å². The molecule has 3 heterocycles. The molecule has 3 aliphatic rings. The first-order valence-corrected chi connectivity index (χ1v) is 10.7. The number of nitrogens with one attached hydrogen (secondary N) is 2. The summed E-state index contributed by atoms with van der Waals surface area (Å²) in [6.07, 6.45) is 6.89. The van der Waals surface area contributed by atoms with Gasteiger partial charge in [-0.3, -0.25) is 9.59 Å². The van der Waals surface area contributed by atoms with E-state index in [1.54, 1.807) is 12.4 Å². The number of carboxylic acid groups (broad SMARTS) is 1. The molecule has 2 aromatic heterocycles. The number of amides is 1. The van der Waals surface area contributed by atoms with Crippen molar-refractivity contribution in [3.8, 4) is 0 Å². The number of hydrogen-bond acceptors (Lipinski definition) is 7. The van der Waals surface area contributed by atoms with E-state index in [9.17, 15) is 14.7 Å². The van der Waals surface area contributed by atoms with Gasteiger partial charge in [0.1, 0.15) is 5.60 Å². The highest BCUT2D eigenvalue weighted by Crippen LogP contribution is 2.45. The monoisotopic (exact) mass is 426 g/mol. The van der Waals surface area contributed by atoms with E-state index in [0.29, 0.717) is 25.8 Å². The number of aryl methyl sites for hydroxylation is 1. The Kier molecular flexibility index (Phi) is 4.60. The number of fused-ring (bicyclic) bond motifs is 1. The summed E-state index contributed by atoms with van der Waals surface area (Å²) < 4.78 is 1.84. The first kappa shape index (κ1) is 19.8. The largest absolute Gasteiger partial charge is 0.481 e. The Morgan fingerprint density at radius 3 is 2.74 bits per heavy atom. The average molecular weight is 426 g/mol. The van der Waals surface area contributed by atoms with E-state index in [-0.39, 0.29) is 29.5 Å². The summed E-state index contributed by atoms with van der Waals surface area (Å²) in [6, 6.07) is 0.205. The van der Waals surface area contributed by atoms with Crippen LogP contribution in [0.2, 0.25) is 0 Å². The molecule has 10 nitrogen and oxygen atoms in total. The highest BCUT2D eigenvalue weighted by atomic mass is 16.7. The maximum absolute atomic E-state index is 11.3. The van der Waals surface area contributed by atoms with Crippen molar-refractivity contribution in [1.29, 1.82) is 0 Å². The van der Waals surface area contributed by atoms with Crippen LogP contribution in [-0.2, 0) is 21.0 Å². The van der Waals surface area contributed by atoms with Crippen molar-refractivity contribution in [1.82, 2.24) is 20.1 Å². The molecule has 0 bridgehead atoms. The quantitative estimate of drug-likeness (QED) is 0.643. The van der Waals surface area contributed by atoms with E-state index >= 15 is 0 Å². The van der Waals surface area contributed by atoms with Crippen LogP contribution in [0, 0.1) is 5.92 Å². The number of hydrogen-bond donors (Lipinski definition) is 3. The third kappa shape index (κ3) is 3.39. The van der Waals surface area contributed by atoms with Gasteiger partial charge >= 0.3 is 5.97 Å².